The molecule has 1 aromatic carbocycles. The van der Waals surface area contributed by atoms with Crippen molar-refractivity contribution in [3.8, 4) is 11.6 Å². The second-order valence-electron chi connectivity index (χ2n) is 5.27. The van der Waals surface area contributed by atoms with Gasteiger partial charge in [0.25, 0.3) is 0 Å². The van der Waals surface area contributed by atoms with Gasteiger partial charge in [-0.2, -0.15) is 13.2 Å². The average Bonchev–Trinajstić information content (AvgIpc) is 2.58. The van der Waals surface area contributed by atoms with Crippen LogP contribution in [0.1, 0.15) is 5.56 Å². The van der Waals surface area contributed by atoms with E-state index in [0.29, 0.717) is 5.69 Å². The van der Waals surface area contributed by atoms with Gasteiger partial charge in [0, 0.05) is 17.4 Å². The Balaban J connectivity index is 1.98. The number of benzene rings is 1. The summed E-state index contributed by atoms with van der Waals surface area (Å²) in [4.78, 5) is 7.67. The van der Waals surface area contributed by atoms with Crippen molar-refractivity contribution in [3.63, 3.8) is 0 Å². The van der Waals surface area contributed by atoms with E-state index in [1.807, 2.05) is 0 Å². The lowest BCUT2D eigenvalue weighted by Gasteiger charge is -2.11. The van der Waals surface area contributed by atoms with Gasteiger partial charge < -0.3 is 20.5 Å². The molecule has 0 unspecified atom stereocenters. The molecule has 0 amide bonds. The largest absolute Gasteiger partial charge is 0.573 e. The molecule has 12 heteroatoms. The van der Waals surface area contributed by atoms with Crippen molar-refractivity contribution in [3.05, 3.63) is 48.2 Å². The van der Waals surface area contributed by atoms with Gasteiger partial charge in [-0.05, 0) is 30.3 Å². The van der Waals surface area contributed by atoms with Gasteiger partial charge in [-0.1, -0.05) is 6.07 Å². The maximum absolute atomic E-state index is 12.3. The Morgan fingerprint density at radius 1 is 1.07 bits per heavy atom. The Kier molecular flexibility index (Phi) is 6.54. The van der Waals surface area contributed by atoms with Crippen LogP contribution in [0, 0.1) is 0 Å². The number of ether oxygens (including phenoxy) is 2. The summed E-state index contributed by atoms with van der Waals surface area (Å²) in [6, 6.07) is 7.68. The van der Waals surface area contributed by atoms with E-state index in [1.54, 1.807) is 0 Å². The first kappa shape index (κ1) is 21.1. The first-order valence-corrected chi connectivity index (χ1v) is 7.58. The number of hydrogen-bond acceptors (Lipinski definition) is 4. The molecule has 2 aromatic rings. The quantitative estimate of drug-likeness (QED) is 0.431. The van der Waals surface area contributed by atoms with Crippen LogP contribution in [-0.2, 0) is 6.54 Å². The molecular formula is C16H14F6N4O2. The first-order chi connectivity index (χ1) is 13.0. The molecule has 0 saturated heterocycles. The van der Waals surface area contributed by atoms with Crippen molar-refractivity contribution in [2.24, 2.45) is 10.7 Å². The highest BCUT2D eigenvalue weighted by Gasteiger charge is 2.31. The van der Waals surface area contributed by atoms with Gasteiger partial charge in [0.05, 0.1) is 6.54 Å². The second kappa shape index (κ2) is 8.67. The highest BCUT2D eigenvalue weighted by atomic mass is 19.4. The molecule has 1 aromatic heterocycles. The van der Waals surface area contributed by atoms with Crippen LogP contribution in [-0.4, -0.2) is 30.1 Å². The molecule has 1 heterocycles. The number of aliphatic imine (C=N–C) groups is 1. The van der Waals surface area contributed by atoms with Crippen molar-refractivity contribution < 1.29 is 35.8 Å². The number of pyridine rings is 1. The normalized spacial score (nSPS) is 12.6. The number of guanidine groups is 1. The lowest BCUT2D eigenvalue weighted by Crippen LogP contribution is -2.23. The predicted octanol–water partition coefficient (Wildman–Crippen LogP) is 3.85. The van der Waals surface area contributed by atoms with Crippen molar-refractivity contribution in [1.82, 2.24) is 4.98 Å². The third kappa shape index (κ3) is 7.60. The van der Waals surface area contributed by atoms with Crippen molar-refractivity contribution in [2.75, 3.05) is 11.9 Å². The Morgan fingerprint density at radius 2 is 1.75 bits per heavy atom. The molecule has 152 valence electrons. The van der Waals surface area contributed by atoms with E-state index in [9.17, 15) is 26.3 Å². The van der Waals surface area contributed by atoms with Gasteiger partial charge >= 0.3 is 12.5 Å². The third-order valence-electron chi connectivity index (χ3n) is 3.00. The molecule has 0 aliphatic rings. The van der Waals surface area contributed by atoms with E-state index in [-0.39, 0.29) is 23.9 Å². The minimum absolute atomic E-state index is 0.116. The Labute approximate surface area is 155 Å². The van der Waals surface area contributed by atoms with Gasteiger partial charge in [-0.3, -0.25) is 0 Å². The summed E-state index contributed by atoms with van der Waals surface area (Å²) in [5, 5.41) is 2.63. The Morgan fingerprint density at radius 3 is 2.36 bits per heavy atom. The highest BCUT2D eigenvalue weighted by Crippen LogP contribution is 2.24. The molecular weight excluding hydrogens is 394 g/mol. The van der Waals surface area contributed by atoms with Gasteiger partial charge in [0.1, 0.15) is 5.75 Å². The highest BCUT2D eigenvalue weighted by molar-refractivity contribution is 5.92. The zero-order valence-corrected chi connectivity index (χ0v) is 14.0. The molecule has 0 spiro atoms. The first-order valence-electron chi connectivity index (χ1n) is 7.58. The van der Waals surface area contributed by atoms with Crippen molar-refractivity contribution >= 4 is 11.6 Å². The van der Waals surface area contributed by atoms with Gasteiger partial charge in [-0.25, -0.2) is 9.98 Å². The van der Waals surface area contributed by atoms with Gasteiger partial charge in [-0.15, -0.1) is 13.2 Å². The molecule has 28 heavy (non-hydrogen) atoms. The Bertz CT molecular complexity index is 806. The molecule has 0 fully saturated rings. The number of nitrogens with two attached hydrogens (primary N) is 1. The van der Waals surface area contributed by atoms with E-state index in [2.05, 4.69) is 24.8 Å². The molecule has 0 aliphatic carbocycles. The maximum Gasteiger partial charge on any atom is 0.573 e. The van der Waals surface area contributed by atoms with Crippen molar-refractivity contribution in [1.29, 1.82) is 0 Å². The number of aromatic nitrogens is 1. The third-order valence-corrected chi connectivity index (χ3v) is 3.00. The summed E-state index contributed by atoms with van der Waals surface area (Å²) >= 11 is 0. The zero-order valence-electron chi connectivity index (χ0n) is 14.0. The van der Waals surface area contributed by atoms with Crippen LogP contribution >= 0.6 is 0 Å². The van der Waals surface area contributed by atoms with Crippen LogP contribution in [0.3, 0.4) is 0 Å². The number of anilines is 1. The van der Waals surface area contributed by atoms with Crippen LogP contribution < -0.4 is 20.5 Å². The average molecular weight is 408 g/mol. The molecule has 2 rings (SSSR count). The number of nitrogens with one attached hydrogen (secondary N) is 1. The maximum atomic E-state index is 12.3. The molecule has 6 nitrogen and oxygen atoms in total. The minimum Gasteiger partial charge on any atom is -0.468 e. The van der Waals surface area contributed by atoms with E-state index >= 15 is 0 Å². The van der Waals surface area contributed by atoms with Crippen LogP contribution in [0.25, 0.3) is 0 Å². The smallest absolute Gasteiger partial charge is 0.468 e. The number of halogens is 6. The molecule has 3 N–H and O–H groups in total. The summed E-state index contributed by atoms with van der Waals surface area (Å²) < 4.78 is 81.5. The zero-order chi connectivity index (χ0) is 20.8. The van der Waals surface area contributed by atoms with E-state index in [4.69, 9.17) is 5.73 Å². The number of hydrogen-bond donors (Lipinski definition) is 2. The van der Waals surface area contributed by atoms with E-state index in [0.717, 1.165) is 12.1 Å². The fourth-order valence-corrected chi connectivity index (χ4v) is 1.92. The predicted molar refractivity (Wildman–Crippen MR) is 87.9 cm³/mol. The van der Waals surface area contributed by atoms with Crippen molar-refractivity contribution in [2.45, 2.75) is 19.1 Å². The fraction of sp³-hybridized carbons (Fsp3) is 0.250. The summed E-state index contributed by atoms with van der Waals surface area (Å²) in [7, 11) is 0. The lowest BCUT2D eigenvalue weighted by atomic mass is 10.3. The molecule has 0 bridgehead atoms. The molecule has 0 radical (unpaired) electrons. The summed E-state index contributed by atoms with van der Waals surface area (Å²) in [6.07, 6.45) is -8.04. The van der Waals surface area contributed by atoms with E-state index < -0.39 is 24.9 Å². The Hall–Kier alpha value is -3.18. The van der Waals surface area contributed by atoms with Crippen LogP contribution in [0.5, 0.6) is 11.6 Å². The SMILES string of the molecule is NC(=NCc1cccnc1OCC(F)(F)F)Nc1ccc(OC(F)(F)F)cc1. The molecule has 0 atom stereocenters. The number of nitrogens with zero attached hydrogens (tertiary/aromatic N) is 2. The number of alkyl halides is 6. The van der Waals surface area contributed by atoms with Gasteiger partial charge in [0.2, 0.25) is 5.88 Å². The molecule has 0 saturated carbocycles. The van der Waals surface area contributed by atoms with Gasteiger partial charge in [0.15, 0.2) is 12.6 Å². The van der Waals surface area contributed by atoms with Crippen LogP contribution in [0.15, 0.2) is 47.6 Å². The summed E-state index contributed by atoms with van der Waals surface area (Å²) in [6.45, 7) is -1.63. The van der Waals surface area contributed by atoms with Crippen LogP contribution in [0.2, 0.25) is 0 Å². The monoisotopic (exact) mass is 408 g/mol. The second-order valence-corrected chi connectivity index (χ2v) is 5.27. The van der Waals surface area contributed by atoms with Crippen LogP contribution in [0.4, 0.5) is 32.0 Å². The lowest BCUT2D eigenvalue weighted by molar-refractivity contribution is -0.274. The fourth-order valence-electron chi connectivity index (χ4n) is 1.92. The standard InChI is InChI=1S/C16H14F6N4O2/c17-15(18,19)9-27-13-10(2-1-7-24-13)8-25-14(23)26-11-3-5-12(6-4-11)28-16(20,21)22/h1-7H,8-9H2,(H3,23,25,26). The molecule has 0 aliphatic heterocycles. The summed E-state index contributed by atoms with van der Waals surface area (Å²) in [5.74, 6) is -0.754. The number of rotatable bonds is 6. The summed E-state index contributed by atoms with van der Waals surface area (Å²) in [5.41, 5.74) is 6.27. The minimum atomic E-state index is -4.80. The van der Waals surface area contributed by atoms with E-state index in [1.165, 1.54) is 30.5 Å². The topological polar surface area (TPSA) is 81.8 Å².